The van der Waals surface area contributed by atoms with E-state index in [2.05, 4.69) is 22.3 Å². The lowest BCUT2D eigenvalue weighted by Gasteiger charge is -2.22. The van der Waals surface area contributed by atoms with Gasteiger partial charge in [0.15, 0.2) is 0 Å². The molecule has 0 fully saturated rings. The Bertz CT molecular complexity index is 782. The number of aryl methyl sites for hydroxylation is 2. The summed E-state index contributed by atoms with van der Waals surface area (Å²) in [7, 11) is 1.62. The molecule has 1 aromatic carbocycles. The molecule has 6 nitrogen and oxygen atoms in total. The van der Waals surface area contributed by atoms with E-state index in [-0.39, 0.29) is 18.5 Å². The van der Waals surface area contributed by atoms with Crippen molar-refractivity contribution in [3.05, 3.63) is 35.2 Å². The Morgan fingerprint density at radius 1 is 1.38 bits per heavy atom. The monoisotopic (exact) mass is 358 g/mol. The van der Waals surface area contributed by atoms with Gasteiger partial charge in [0.2, 0.25) is 11.7 Å². The van der Waals surface area contributed by atoms with Gasteiger partial charge in [0, 0.05) is 19.1 Å². The zero-order valence-corrected chi connectivity index (χ0v) is 15.9. The van der Waals surface area contributed by atoms with E-state index in [1.165, 1.54) is 11.1 Å². The van der Waals surface area contributed by atoms with Crippen LogP contribution in [-0.4, -0.2) is 35.4 Å². The number of carbonyl (C=O) groups is 1. The first-order valence-electron chi connectivity index (χ1n) is 9.08. The summed E-state index contributed by atoms with van der Waals surface area (Å²) in [5.74, 6) is 1.28. The van der Waals surface area contributed by atoms with E-state index >= 15 is 0 Å². The predicted molar refractivity (Wildman–Crippen MR) is 96.8 cm³/mol. The minimum absolute atomic E-state index is 0.178. The maximum Gasteiger partial charge on any atom is 0.306 e. The lowest BCUT2D eigenvalue weighted by molar-refractivity contribution is -0.151. The molecule has 1 aliphatic carbocycles. The fraction of sp³-hybridized carbons (Fsp3) is 0.550. The number of methoxy groups -OCH3 is 1. The molecule has 0 N–H and O–H groups in total. The van der Waals surface area contributed by atoms with Gasteiger partial charge in [-0.25, -0.2) is 0 Å². The van der Waals surface area contributed by atoms with Crippen molar-refractivity contribution in [3.63, 3.8) is 0 Å². The quantitative estimate of drug-likeness (QED) is 0.703. The number of aromatic nitrogens is 2. The number of hydrogen-bond acceptors (Lipinski definition) is 6. The summed E-state index contributed by atoms with van der Waals surface area (Å²) in [6.45, 7) is 6.04. The SMILES string of the molecule is CCc1nc(-c2ccc3c(c2)CC[C@H]3CC(=O)OCC(C)(C)OC)no1. The van der Waals surface area contributed by atoms with Crippen molar-refractivity contribution in [2.75, 3.05) is 13.7 Å². The van der Waals surface area contributed by atoms with Crippen LogP contribution < -0.4 is 0 Å². The van der Waals surface area contributed by atoms with Crippen molar-refractivity contribution in [1.82, 2.24) is 10.1 Å². The molecule has 140 valence electrons. The molecule has 0 unspecified atom stereocenters. The van der Waals surface area contributed by atoms with Crippen molar-refractivity contribution >= 4 is 5.97 Å². The normalized spacial score (nSPS) is 16.5. The first-order valence-corrected chi connectivity index (χ1v) is 9.08. The van der Waals surface area contributed by atoms with Gasteiger partial charge >= 0.3 is 5.97 Å². The van der Waals surface area contributed by atoms with Gasteiger partial charge < -0.3 is 14.0 Å². The van der Waals surface area contributed by atoms with Crippen molar-refractivity contribution in [3.8, 4) is 11.4 Å². The largest absolute Gasteiger partial charge is 0.463 e. The molecule has 0 radical (unpaired) electrons. The summed E-state index contributed by atoms with van der Waals surface area (Å²) in [4.78, 5) is 16.6. The summed E-state index contributed by atoms with van der Waals surface area (Å²) in [6, 6.07) is 6.19. The summed E-state index contributed by atoms with van der Waals surface area (Å²) >= 11 is 0. The Labute approximate surface area is 153 Å². The summed E-state index contributed by atoms with van der Waals surface area (Å²) in [5.41, 5.74) is 2.97. The van der Waals surface area contributed by atoms with E-state index < -0.39 is 5.60 Å². The second kappa shape index (κ2) is 7.58. The van der Waals surface area contributed by atoms with Crippen LogP contribution >= 0.6 is 0 Å². The lowest BCUT2D eigenvalue weighted by Crippen LogP contribution is -2.30. The van der Waals surface area contributed by atoms with Crippen LogP contribution in [0, 0.1) is 0 Å². The Morgan fingerprint density at radius 2 is 2.19 bits per heavy atom. The van der Waals surface area contributed by atoms with Crippen molar-refractivity contribution in [1.29, 1.82) is 0 Å². The Balaban J connectivity index is 1.65. The molecule has 0 bridgehead atoms. The van der Waals surface area contributed by atoms with Crippen LogP contribution in [-0.2, 0) is 27.1 Å². The Kier molecular flexibility index (Phi) is 5.41. The van der Waals surface area contributed by atoms with Gasteiger partial charge in [-0.1, -0.05) is 24.2 Å². The summed E-state index contributed by atoms with van der Waals surface area (Å²) < 4.78 is 15.9. The van der Waals surface area contributed by atoms with E-state index in [4.69, 9.17) is 14.0 Å². The zero-order chi connectivity index (χ0) is 18.7. The zero-order valence-electron chi connectivity index (χ0n) is 15.9. The van der Waals surface area contributed by atoms with Gasteiger partial charge in [-0.3, -0.25) is 4.79 Å². The van der Waals surface area contributed by atoms with E-state index in [0.29, 0.717) is 18.1 Å². The van der Waals surface area contributed by atoms with Crippen molar-refractivity contribution in [2.45, 2.75) is 58.0 Å². The molecular weight excluding hydrogens is 332 g/mol. The van der Waals surface area contributed by atoms with Crippen LogP contribution in [0.1, 0.15) is 56.5 Å². The molecule has 0 amide bonds. The van der Waals surface area contributed by atoms with E-state index in [1.807, 2.05) is 26.8 Å². The number of nitrogens with zero attached hydrogens (tertiary/aromatic N) is 2. The average Bonchev–Trinajstić information content (AvgIpc) is 3.27. The van der Waals surface area contributed by atoms with Gasteiger partial charge in [-0.2, -0.15) is 4.98 Å². The molecule has 0 spiro atoms. The van der Waals surface area contributed by atoms with Gasteiger partial charge in [0.05, 0.1) is 12.0 Å². The Morgan fingerprint density at radius 3 is 2.88 bits per heavy atom. The van der Waals surface area contributed by atoms with Gasteiger partial charge in [0.1, 0.15) is 6.61 Å². The minimum atomic E-state index is -0.458. The second-order valence-corrected chi connectivity index (χ2v) is 7.34. The first kappa shape index (κ1) is 18.6. The molecule has 0 saturated heterocycles. The highest BCUT2D eigenvalue weighted by atomic mass is 16.6. The van der Waals surface area contributed by atoms with Gasteiger partial charge in [-0.15, -0.1) is 0 Å². The predicted octanol–water partition coefficient (Wildman–Crippen LogP) is 3.69. The standard InChI is InChI=1S/C20H26N2O4/c1-5-17-21-19(22-26-17)15-8-9-16-13(10-15)6-7-14(16)11-18(23)25-12-20(2,3)24-4/h8-10,14H,5-7,11-12H2,1-4H3/t14-/m0/s1. The third-order valence-corrected chi connectivity index (χ3v) is 4.92. The minimum Gasteiger partial charge on any atom is -0.463 e. The third-order valence-electron chi connectivity index (χ3n) is 4.92. The van der Waals surface area contributed by atoms with Gasteiger partial charge in [0.25, 0.3) is 0 Å². The summed E-state index contributed by atoms with van der Waals surface area (Å²) in [6.07, 6.45) is 3.02. The highest BCUT2D eigenvalue weighted by molar-refractivity contribution is 5.71. The van der Waals surface area contributed by atoms with Crippen LogP contribution in [0.4, 0.5) is 0 Å². The van der Waals surface area contributed by atoms with Crippen LogP contribution in [0.3, 0.4) is 0 Å². The number of hydrogen-bond donors (Lipinski definition) is 0. The van der Waals surface area contributed by atoms with Crippen molar-refractivity contribution in [2.24, 2.45) is 0 Å². The maximum atomic E-state index is 12.2. The highest BCUT2D eigenvalue weighted by Gasteiger charge is 2.27. The molecule has 1 heterocycles. The highest BCUT2D eigenvalue weighted by Crippen LogP contribution is 2.37. The third kappa shape index (κ3) is 4.12. The number of benzene rings is 1. The number of esters is 1. The van der Waals surface area contributed by atoms with Crippen LogP contribution in [0.5, 0.6) is 0 Å². The molecule has 0 saturated carbocycles. The van der Waals surface area contributed by atoms with Crippen LogP contribution in [0.15, 0.2) is 22.7 Å². The molecule has 1 atom stereocenters. The number of carbonyl (C=O) groups excluding carboxylic acids is 1. The lowest BCUT2D eigenvalue weighted by atomic mass is 9.97. The molecule has 2 aromatic rings. The van der Waals surface area contributed by atoms with E-state index in [9.17, 15) is 4.79 Å². The second-order valence-electron chi connectivity index (χ2n) is 7.34. The van der Waals surface area contributed by atoms with E-state index in [1.54, 1.807) is 7.11 Å². The fourth-order valence-electron chi connectivity index (χ4n) is 3.15. The topological polar surface area (TPSA) is 74.5 Å². The summed E-state index contributed by atoms with van der Waals surface area (Å²) in [5, 5.41) is 4.03. The average molecular weight is 358 g/mol. The first-order chi connectivity index (χ1) is 12.4. The van der Waals surface area contributed by atoms with Gasteiger partial charge in [-0.05, 0) is 49.8 Å². The molecule has 1 aromatic heterocycles. The fourth-order valence-corrected chi connectivity index (χ4v) is 3.15. The number of ether oxygens (including phenoxy) is 2. The van der Waals surface area contributed by atoms with E-state index in [0.717, 1.165) is 24.8 Å². The molecule has 3 rings (SSSR count). The number of fused-ring (bicyclic) bond motifs is 1. The molecular formula is C20H26N2O4. The molecule has 26 heavy (non-hydrogen) atoms. The maximum absolute atomic E-state index is 12.2. The number of rotatable bonds is 7. The van der Waals surface area contributed by atoms with Crippen LogP contribution in [0.25, 0.3) is 11.4 Å². The van der Waals surface area contributed by atoms with Crippen molar-refractivity contribution < 1.29 is 18.8 Å². The molecule has 1 aliphatic rings. The molecule has 6 heteroatoms. The smallest absolute Gasteiger partial charge is 0.306 e. The molecule has 0 aliphatic heterocycles. The Hall–Kier alpha value is -2.21. The van der Waals surface area contributed by atoms with Crippen LogP contribution in [0.2, 0.25) is 0 Å².